The van der Waals surface area contributed by atoms with Crippen molar-refractivity contribution in [2.45, 2.75) is 38.0 Å². The summed E-state index contributed by atoms with van der Waals surface area (Å²) in [6.45, 7) is 3.24. The fourth-order valence-corrected chi connectivity index (χ4v) is 2.40. The Morgan fingerprint density at radius 2 is 2.53 bits per heavy atom. The monoisotopic (exact) mass is 227 g/mol. The largest absolute Gasteiger partial charge is 0.338 e. The van der Waals surface area contributed by atoms with Gasteiger partial charge in [0, 0.05) is 0 Å². The Hall–Kier alpha value is -0.550. The Morgan fingerprint density at radius 1 is 1.60 bits per heavy atom. The minimum Gasteiger partial charge on any atom is -0.338 e. The highest BCUT2D eigenvalue weighted by atomic mass is 32.2. The van der Waals surface area contributed by atoms with Crippen LogP contribution in [0.25, 0.3) is 0 Å². The predicted molar refractivity (Wildman–Crippen MR) is 60.7 cm³/mol. The minimum absolute atomic E-state index is 0.294. The number of nitrogens with one attached hydrogen (secondary N) is 1. The van der Waals surface area contributed by atoms with Gasteiger partial charge in [-0.3, -0.25) is 0 Å². The fraction of sp³-hybridized carbons (Fsp3) is 0.800. The molecule has 1 fully saturated rings. The lowest BCUT2D eigenvalue weighted by atomic mass is 10.2. The van der Waals surface area contributed by atoms with Gasteiger partial charge in [0.15, 0.2) is 5.82 Å². The number of thioether (sulfide) groups is 1. The number of aromatic nitrogens is 2. The zero-order valence-electron chi connectivity index (χ0n) is 9.03. The molecule has 0 radical (unpaired) electrons. The van der Waals surface area contributed by atoms with Crippen molar-refractivity contribution in [2.24, 2.45) is 0 Å². The van der Waals surface area contributed by atoms with Gasteiger partial charge in [0.05, 0.1) is 11.8 Å². The van der Waals surface area contributed by atoms with E-state index in [0.717, 1.165) is 36.2 Å². The number of rotatable bonds is 5. The Labute approximate surface area is 94.2 Å². The van der Waals surface area contributed by atoms with E-state index in [9.17, 15) is 0 Å². The molecule has 84 valence electrons. The van der Waals surface area contributed by atoms with E-state index < -0.39 is 0 Å². The Morgan fingerprint density at radius 3 is 3.27 bits per heavy atom. The van der Waals surface area contributed by atoms with Gasteiger partial charge >= 0.3 is 0 Å². The first-order valence-corrected chi connectivity index (χ1v) is 6.69. The molecular weight excluding hydrogens is 210 g/mol. The van der Waals surface area contributed by atoms with Crippen LogP contribution in [-0.4, -0.2) is 22.4 Å². The topological polar surface area (TPSA) is 51.0 Å². The highest BCUT2D eigenvalue weighted by molar-refractivity contribution is 7.98. The maximum absolute atomic E-state index is 5.24. The van der Waals surface area contributed by atoms with Crippen molar-refractivity contribution in [3.63, 3.8) is 0 Å². The molecule has 1 N–H and O–H groups in total. The summed E-state index contributed by atoms with van der Waals surface area (Å²) in [6, 6.07) is 0.294. The fourth-order valence-electron chi connectivity index (χ4n) is 1.67. The molecule has 0 saturated carbocycles. The first-order chi connectivity index (χ1) is 7.40. The quantitative estimate of drug-likeness (QED) is 0.781. The van der Waals surface area contributed by atoms with E-state index in [0.29, 0.717) is 6.04 Å². The van der Waals surface area contributed by atoms with Gasteiger partial charge in [-0.25, -0.2) is 0 Å². The standard InChI is InChI=1S/C10H17N3OS/c1-2-6-15-7-9-12-10(14-13-9)8-4-3-5-11-8/h8,11H,2-7H2,1H3/t8-/m0/s1. The summed E-state index contributed by atoms with van der Waals surface area (Å²) in [4.78, 5) is 4.40. The molecule has 1 aliphatic rings. The highest BCUT2D eigenvalue weighted by Gasteiger charge is 2.21. The first-order valence-electron chi connectivity index (χ1n) is 5.53. The van der Waals surface area contributed by atoms with E-state index in [1.807, 2.05) is 11.8 Å². The summed E-state index contributed by atoms with van der Waals surface area (Å²) in [5.74, 6) is 3.62. The summed E-state index contributed by atoms with van der Waals surface area (Å²) in [5.41, 5.74) is 0. The van der Waals surface area contributed by atoms with Crippen molar-refractivity contribution in [1.82, 2.24) is 15.5 Å². The highest BCUT2D eigenvalue weighted by Crippen LogP contribution is 2.22. The van der Waals surface area contributed by atoms with Gasteiger partial charge in [-0.2, -0.15) is 16.7 Å². The molecule has 1 atom stereocenters. The third kappa shape index (κ3) is 2.95. The van der Waals surface area contributed by atoms with Crippen LogP contribution in [0, 0.1) is 0 Å². The molecule has 2 heterocycles. The average Bonchev–Trinajstić information content (AvgIpc) is 2.87. The van der Waals surface area contributed by atoms with Crippen molar-refractivity contribution in [2.75, 3.05) is 12.3 Å². The first kappa shape index (κ1) is 11.0. The van der Waals surface area contributed by atoms with E-state index >= 15 is 0 Å². The molecule has 4 nitrogen and oxygen atoms in total. The van der Waals surface area contributed by atoms with Gasteiger partial charge in [-0.15, -0.1) is 0 Å². The lowest BCUT2D eigenvalue weighted by Gasteiger charge is -2.01. The molecule has 0 unspecified atom stereocenters. The van der Waals surface area contributed by atoms with Crippen LogP contribution in [0.15, 0.2) is 4.52 Å². The van der Waals surface area contributed by atoms with Crippen molar-refractivity contribution in [3.8, 4) is 0 Å². The van der Waals surface area contributed by atoms with E-state index in [-0.39, 0.29) is 0 Å². The number of nitrogens with zero attached hydrogens (tertiary/aromatic N) is 2. The summed E-state index contributed by atoms with van der Waals surface area (Å²) in [5, 5.41) is 7.34. The van der Waals surface area contributed by atoms with Crippen molar-refractivity contribution >= 4 is 11.8 Å². The zero-order valence-corrected chi connectivity index (χ0v) is 9.85. The molecule has 2 rings (SSSR count). The molecule has 5 heteroatoms. The van der Waals surface area contributed by atoms with Crippen molar-refractivity contribution in [3.05, 3.63) is 11.7 Å². The second kappa shape index (κ2) is 5.51. The number of hydrogen-bond acceptors (Lipinski definition) is 5. The molecule has 0 bridgehead atoms. The maximum Gasteiger partial charge on any atom is 0.243 e. The molecule has 0 aromatic carbocycles. The molecular formula is C10H17N3OS. The minimum atomic E-state index is 0.294. The normalized spacial score (nSPS) is 21.0. The Balaban J connectivity index is 1.86. The van der Waals surface area contributed by atoms with Crippen LogP contribution in [0.3, 0.4) is 0 Å². The SMILES string of the molecule is CCCSCc1noc([C@@H]2CCCN2)n1. The summed E-state index contributed by atoms with van der Waals surface area (Å²) in [6.07, 6.45) is 3.51. The number of hydrogen-bond donors (Lipinski definition) is 1. The molecule has 0 aliphatic carbocycles. The van der Waals surface area contributed by atoms with Gasteiger partial charge in [0.25, 0.3) is 0 Å². The van der Waals surface area contributed by atoms with E-state index in [1.54, 1.807) is 0 Å². The maximum atomic E-state index is 5.24. The molecule has 15 heavy (non-hydrogen) atoms. The summed E-state index contributed by atoms with van der Waals surface area (Å²) in [7, 11) is 0. The third-order valence-corrected chi connectivity index (χ3v) is 3.58. The summed E-state index contributed by atoms with van der Waals surface area (Å²) >= 11 is 1.86. The van der Waals surface area contributed by atoms with Crippen molar-refractivity contribution in [1.29, 1.82) is 0 Å². The van der Waals surface area contributed by atoms with Crippen LogP contribution in [0.2, 0.25) is 0 Å². The molecule has 1 aliphatic heterocycles. The van der Waals surface area contributed by atoms with Crippen LogP contribution in [-0.2, 0) is 5.75 Å². The molecule has 0 amide bonds. The molecule has 1 aromatic rings. The lowest BCUT2D eigenvalue weighted by Crippen LogP contribution is -2.13. The second-order valence-corrected chi connectivity index (χ2v) is 4.86. The van der Waals surface area contributed by atoms with E-state index in [1.165, 1.54) is 12.8 Å². The van der Waals surface area contributed by atoms with Crippen LogP contribution in [0.5, 0.6) is 0 Å². The van der Waals surface area contributed by atoms with Crippen LogP contribution >= 0.6 is 11.8 Å². The van der Waals surface area contributed by atoms with Crippen LogP contribution in [0.4, 0.5) is 0 Å². The van der Waals surface area contributed by atoms with Gasteiger partial charge in [-0.1, -0.05) is 12.1 Å². The van der Waals surface area contributed by atoms with Crippen LogP contribution in [0.1, 0.15) is 43.9 Å². The second-order valence-electron chi connectivity index (χ2n) is 3.75. The van der Waals surface area contributed by atoms with E-state index in [4.69, 9.17) is 4.52 Å². The Bertz CT molecular complexity index is 297. The smallest absolute Gasteiger partial charge is 0.243 e. The predicted octanol–water partition coefficient (Wildman–Crippen LogP) is 2.14. The third-order valence-electron chi connectivity index (χ3n) is 2.42. The average molecular weight is 227 g/mol. The van der Waals surface area contributed by atoms with Crippen LogP contribution < -0.4 is 5.32 Å². The van der Waals surface area contributed by atoms with E-state index in [2.05, 4.69) is 22.4 Å². The van der Waals surface area contributed by atoms with Gasteiger partial charge in [0.1, 0.15) is 0 Å². The molecule has 1 saturated heterocycles. The molecule has 0 spiro atoms. The van der Waals surface area contributed by atoms with Gasteiger partial charge in [-0.05, 0) is 31.6 Å². The Kier molecular flexibility index (Phi) is 4.02. The lowest BCUT2D eigenvalue weighted by molar-refractivity contribution is 0.342. The van der Waals surface area contributed by atoms with Gasteiger partial charge in [0.2, 0.25) is 5.89 Å². The van der Waals surface area contributed by atoms with Crippen molar-refractivity contribution < 1.29 is 4.52 Å². The van der Waals surface area contributed by atoms with Gasteiger partial charge < -0.3 is 9.84 Å². The summed E-state index contributed by atoms with van der Waals surface area (Å²) < 4.78 is 5.24. The molecule has 1 aromatic heterocycles. The zero-order chi connectivity index (χ0) is 10.5.